The van der Waals surface area contributed by atoms with Crippen molar-refractivity contribution in [1.29, 1.82) is 0 Å². The van der Waals surface area contributed by atoms with E-state index in [-0.39, 0.29) is 11.7 Å². The number of aliphatic hydroxyl groups is 1. The molecule has 118 valence electrons. The molecule has 2 nitrogen and oxygen atoms in total. The minimum Gasteiger partial charge on any atom is -0.388 e. The van der Waals surface area contributed by atoms with Crippen LogP contribution in [0.25, 0.3) is 0 Å². The van der Waals surface area contributed by atoms with E-state index < -0.39 is 6.10 Å². The van der Waals surface area contributed by atoms with Gasteiger partial charge in [-0.1, -0.05) is 18.2 Å². The number of piperidine rings is 1. The van der Waals surface area contributed by atoms with Crippen LogP contribution in [0, 0.1) is 11.7 Å². The van der Waals surface area contributed by atoms with Gasteiger partial charge in [-0.05, 0) is 67.4 Å². The molecule has 2 aromatic rings. The summed E-state index contributed by atoms with van der Waals surface area (Å²) in [7, 11) is 0. The zero-order valence-electron chi connectivity index (χ0n) is 12.6. The summed E-state index contributed by atoms with van der Waals surface area (Å²) >= 11 is 1.82. The molecule has 1 aliphatic rings. The van der Waals surface area contributed by atoms with Gasteiger partial charge in [0.15, 0.2) is 0 Å². The molecule has 0 bridgehead atoms. The summed E-state index contributed by atoms with van der Waals surface area (Å²) in [6, 6.07) is 10.5. The van der Waals surface area contributed by atoms with Crippen LogP contribution in [-0.4, -0.2) is 29.6 Å². The average Bonchev–Trinajstić information content (AvgIpc) is 3.07. The number of hydrogen-bond donors (Lipinski definition) is 1. The van der Waals surface area contributed by atoms with Crippen molar-refractivity contribution in [2.75, 3.05) is 19.6 Å². The molecule has 2 heterocycles. The van der Waals surface area contributed by atoms with Crippen molar-refractivity contribution in [1.82, 2.24) is 4.90 Å². The number of nitrogens with zero attached hydrogens (tertiary/aromatic N) is 1. The summed E-state index contributed by atoms with van der Waals surface area (Å²) < 4.78 is 13.0. The lowest BCUT2D eigenvalue weighted by Crippen LogP contribution is -2.36. The molecular weight excluding hydrogens is 297 g/mol. The molecule has 1 aromatic carbocycles. The SMILES string of the molecule is OC(c1ccc(F)cc1)C1CCN(CCc2cccs2)CC1. The standard InChI is InChI=1S/C18H22FNOS/c19-16-5-3-14(4-6-16)18(21)15-7-10-20(11-8-15)12-9-17-2-1-13-22-17/h1-6,13,15,18,21H,7-12H2. The molecule has 0 amide bonds. The number of hydrogen-bond acceptors (Lipinski definition) is 3. The molecule has 1 N–H and O–H groups in total. The first kappa shape index (κ1) is 15.7. The summed E-state index contributed by atoms with van der Waals surface area (Å²) in [6.45, 7) is 3.17. The van der Waals surface area contributed by atoms with Crippen LogP contribution in [0.4, 0.5) is 4.39 Å². The van der Waals surface area contributed by atoms with E-state index in [1.807, 2.05) is 11.3 Å². The fourth-order valence-electron chi connectivity index (χ4n) is 3.15. The maximum atomic E-state index is 13.0. The molecule has 1 atom stereocenters. The Morgan fingerprint density at radius 2 is 1.91 bits per heavy atom. The van der Waals surface area contributed by atoms with Crippen molar-refractivity contribution in [3.8, 4) is 0 Å². The number of rotatable bonds is 5. The Morgan fingerprint density at radius 1 is 1.18 bits per heavy atom. The number of thiophene rings is 1. The second-order valence-electron chi connectivity index (χ2n) is 6.00. The molecule has 22 heavy (non-hydrogen) atoms. The lowest BCUT2D eigenvalue weighted by Gasteiger charge is -2.34. The Morgan fingerprint density at radius 3 is 2.55 bits per heavy atom. The third kappa shape index (κ3) is 3.94. The van der Waals surface area contributed by atoms with Crippen LogP contribution < -0.4 is 0 Å². The number of halogens is 1. The van der Waals surface area contributed by atoms with Crippen LogP contribution in [-0.2, 0) is 6.42 Å². The van der Waals surface area contributed by atoms with Crippen molar-refractivity contribution in [2.45, 2.75) is 25.4 Å². The zero-order chi connectivity index (χ0) is 15.4. The molecule has 3 rings (SSSR count). The highest BCUT2D eigenvalue weighted by Crippen LogP contribution is 2.30. The largest absolute Gasteiger partial charge is 0.388 e. The van der Waals surface area contributed by atoms with E-state index in [0.717, 1.165) is 44.5 Å². The van der Waals surface area contributed by atoms with Crippen LogP contribution in [0.2, 0.25) is 0 Å². The van der Waals surface area contributed by atoms with Crippen molar-refractivity contribution < 1.29 is 9.50 Å². The highest BCUT2D eigenvalue weighted by molar-refractivity contribution is 7.09. The highest BCUT2D eigenvalue weighted by atomic mass is 32.1. The summed E-state index contributed by atoms with van der Waals surface area (Å²) in [5.74, 6) is 0.0304. The maximum absolute atomic E-state index is 13.0. The molecule has 1 unspecified atom stereocenters. The predicted molar refractivity (Wildman–Crippen MR) is 88.5 cm³/mol. The third-order valence-corrected chi connectivity index (χ3v) is 5.48. The zero-order valence-corrected chi connectivity index (χ0v) is 13.4. The monoisotopic (exact) mass is 319 g/mol. The lowest BCUT2D eigenvalue weighted by molar-refractivity contribution is 0.0592. The minimum atomic E-state index is -0.472. The van der Waals surface area contributed by atoms with E-state index in [1.54, 1.807) is 12.1 Å². The van der Waals surface area contributed by atoms with Gasteiger partial charge in [-0.15, -0.1) is 11.3 Å². The van der Waals surface area contributed by atoms with E-state index >= 15 is 0 Å². The molecule has 1 aromatic heterocycles. The topological polar surface area (TPSA) is 23.5 Å². The molecule has 1 aliphatic heterocycles. The fraction of sp³-hybridized carbons (Fsp3) is 0.444. The van der Waals surface area contributed by atoms with Crippen molar-refractivity contribution in [3.05, 3.63) is 58.0 Å². The summed E-state index contributed by atoms with van der Waals surface area (Å²) in [5, 5.41) is 12.6. The Kier molecular flexibility index (Phi) is 5.24. The average molecular weight is 319 g/mol. The normalized spacial score (nSPS) is 18.5. The number of likely N-dealkylation sites (tertiary alicyclic amines) is 1. The number of aliphatic hydroxyl groups excluding tert-OH is 1. The van der Waals surface area contributed by atoms with E-state index in [2.05, 4.69) is 22.4 Å². The number of benzene rings is 1. The predicted octanol–water partition coefficient (Wildman–Crippen LogP) is 3.88. The van der Waals surface area contributed by atoms with Crippen molar-refractivity contribution >= 4 is 11.3 Å². The molecule has 4 heteroatoms. The second-order valence-corrected chi connectivity index (χ2v) is 7.04. The maximum Gasteiger partial charge on any atom is 0.123 e. The van der Waals surface area contributed by atoms with Gasteiger partial charge in [-0.2, -0.15) is 0 Å². The van der Waals surface area contributed by atoms with Gasteiger partial charge >= 0.3 is 0 Å². The van der Waals surface area contributed by atoms with Gasteiger partial charge in [0.1, 0.15) is 5.82 Å². The first-order chi connectivity index (χ1) is 10.7. The Balaban J connectivity index is 1.47. The fourth-order valence-corrected chi connectivity index (χ4v) is 3.85. The second kappa shape index (κ2) is 7.36. The third-order valence-electron chi connectivity index (χ3n) is 4.54. The summed E-state index contributed by atoms with van der Waals surface area (Å²) in [5.41, 5.74) is 0.832. The van der Waals surface area contributed by atoms with Gasteiger partial charge in [0.2, 0.25) is 0 Å². The van der Waals surface area contributed by atoms with E-state index in [0.29, 0.717) is 0 Å². The Bertz CT molecular complexity index is 561. The van der Waals surface area contributed by atoms with Crippen LogP contribution in [0.3, 0.4) is 0 Å². The Hall–Kier alpha value is -1.23. The van der Waals surface area contributed by atoms with Crippen LogP contribution in [0.5, 0.6) is 0 Å². The van der Waals surface area contributed by atoms with Gasteiger partial charge in [0.25, 0.3) is 0 Å². The smallest absolute Gasteiger partial charge is 0.123 e. The van der Waals surface area contributed by atoms with Crippen molar-refractivity contribution in [3.63, 3.8) is 0 Å². The molecule has 0 aliphatic carbocycles. The van der Waals surface area contributed by atoms with E-state index in [9.17, 15) is 9.50 Å². The van der Waals surface area contributed by atoms with Gasteiger partial charge < -0.3 is 10.0 Å². The van der Waals surface area contributed by atoms with Crippen LogP contribution in [0.15, 0.2) is 41.8 Å². The summed E-state index contributed by atoms with van der Waals surface area (Å²) in [6.07, 6.45) is 2.65. The van der Waals surface area contributed by atoms with Gasteiger partial charge in [0.05, 0.1) is 6.10 Å². The van der Waals surface area contributed by atoms with Gasteiger partial charge in [-0.3, -0.25) is 0 Å². The first-order valence-corrected chi connectivity index (χ1v) is 8.78. The van der Waals surface area contributed by atoms with E-state index in [1.165, 1.54) is 17.0 Å². The first-order valence-electron chi connectivity index (χ1n) is 7.90. The molecule has 0 spiro atoms. The molecule has 0 radical (unpaired) electrons. The molecule has 1 saturated heterocycles. The quantitative estimate of drug-likeness (QED) is 0.904. The lowest BCUT2D eigenvalue weighted by atomic mass is 9.87. The minimum absolute atomic E-state index is 0.251. The van der Waals surface area contributed by atoms with Gasteiger partial charge in [0, 0.05) is 11.4 Å². The molecular formula is C18H22FNOS. The molecule has 0 saturated carbocycles. The van der Waals surface area contributed by atoms with Crippen molar-refractivity contribution in [2.24, 2.45) is 5.92 Å². The van der Waals surface area contributed by atoms with E-state index in [4.69, 9.17) is 0 Å². The highest BCUT2D eigenvalue weighted by Gasteiger charge is 2.26. The molecule has 1 fully saturated rings. The Labute approximate surface area is 135 Å². The summed E-state index contributed by atoms with van der Waals surface area (Å²) in [4.78, 5) is 3.92. The van der Waals surface area contributed by atoms with Crippen LogP contribution in [0.1, 0.15) is 29.4 Å². The van der Waals surface area contributed by atoms with Crippen LogP contribution >= 0.6 is 11.3 Å². The van der Waals surface area contributed by atoms with Gasteiger partial charge in [-0.25, -0.2) is 4.39 Å².